The Morgan fingerprint density at radius 3 is 2.53 bits per heavy atom. The third kappa shape index (κ3) is 4.28. The van der Waals surface area contributed by atoms with Gasteiger partial charge < -0.3 is 10.5 Å². The highest BCUT2D eigenvalue weighted by Crippen LogP contribution is 2.22. The van der Waals surface area contributed by atoms with Crippen molar-refractivity contribution in [2.24, 2.45) is 0 Å². The average molecular weight is 259 g/mol. The van der Waals surface area contributed by atoms with Crippen LogP contribution in [0, 0.1) is 5.82 Å². The van der Waals surface area contributed by atoms with E-state index in [1.807, 2.05) is 18.2 Å². The smallest absolute Gasteiger partial charge is 0.142 e. The summed E-state index contributed by atoms with van der Waals surface area (Å²) in [7, 11) is 0. The Kier molecular flexibility index (Phi) is 4.78. The Morgan fingerprint density at radius 1 is 1.00 bits per heavy atom. The van der Waals surface area contributed by atoms with E-state index in [1.165, 1.54) is 17.7 Å². The van der Waals surface area contributed by atoms with Gasteiger partial charge in [-0.15, -0.1) is 0 Å². The fraction of sp³-hybridized carbons (Fsp3) is 0.250. The van der Waals surface area contributed by atoms with Crippen molar-refractivity contribution >= 4 is 5.69 Å². The lowest BCUT2D eigenvalue weighted by Gasteiger charge is -2.08. The average Bonchev–Trinajstić information content (AvgIpc) is 2.42. The number of ether oxygens (including phenoxy) is 1. The number of nitrogen functional groups attached to an aromatic ring is 1. The molecule has 3 heteroatoms. The zero-order valence-electron chi connectivity index (χ0n) is 10.8. The zero-order valence-corrected chi connectivity index (χ0v) is 10.8. The molecule has 0 radical (unpaired) electrons. The van der Waals surface area contributed by atoms with Crippen LogP contribution in [0.2, 0.25) is 0 Å². The second-order valence-electron chi connectivity index (χ2n) is 4.47. The lowest BCUT2D eigenvalue weighted by molar-refractivity contribution is 0.308. The quantitative estimate of drug-likeness (QED) is 0.632. The van der Waals surface area contributed by atoms with Gasteiger partial charge in [-0.25, -0.2) is 4.39 Å². The largest absolute Gasteiger partial charge is 0.491 e. The molecule has 2 aromatic rings. The van der Waals surface area contributed by atoms with Gasteiger partial charge in [-0.1, -0.05) is 30.3 Å². The third-order valence-corrected chi connectivity index (χ3v) is 2.93. The number of unbranched alkanes of at least 4 members (excludes halogenated alkanes) is 1. The van der Waals surface area contributed by atoms with E-state index < -0.39 is 0 Å². The first-order chi connectivity index (χ1) is 9.25. The monoisotopic (exact) mass is 259 g/mol. The van der Waals surface area contributed by atoms with Crippen molar-refractivity contribution in [1.29, 1.82) is 0 Å². The molecule has 0 unspecified atom stereocenters. The Bertz CT molecular complexity index is 513. The first kappa shape index (κ1) is 13.4. The zero-order chi connectivity index (χ0) is 13.5. The van der Waals surface area contributed by atoms with E-state index in [4.69, 9.17) is 10.5 Å². The molecule has 0 spiro atoms. The van der Waals surface area contributed by atoms with Crippen LogP contribution in [0.1, 0.15) is 18.4 Å². The summed E-state index contributed by atoms with van der Waals surface area (Å²) < 4.78 is 18.4. The Hall–Kier alpha value is -2.03. The van der Waals surface area contributed by atoms with Crippen LogP contribution < -0.4 is 10.5 Å². The van der Waals surface area contributed by atoms with E-state index >= 15 is 0 Å². The first-order valence-electron chi connectivity index (χ1n) is 6.47. The van der Waals surface area contributed by atoms with Crippen molar-refractivity contribution < 1.29 is 9.13 Å². The molecule has 0 bridgehead atoms. The highest BCUT2D eigenvalue weighted by molar-refractivity contribution is 5.52. The molecule has 0 heterocycles. The number of hydrogen-bond donors (Lipinski definition) is 1. The summed E-state index contributed by atoms with van der Waals surface area (Å²) in [5.41, 5.74) is 7.35. The number of anilines is 1. The summed E-state index contributed by atoms with van der Waals surface area (Å²) in [6.07, 6.45) is 3.06. The summed E-state index contributed by atoms with van der Waals surface area (Å²) in [4.78, 5) is 0. The van der Waals surface area contributed by atoms with Gasteiger partial charge in [0.1, 0.15) is 11.6 Å². The highest BCUT2D eigenvalue weighted by atomic mass is 19.1. The molecule has 0 saturated heterocycles. The maximum Gasteiger partial charge on any atom is 0.142 e. The molecule has 0 saturated carbocycles. The highest BCUT2D eigenvalue weighted by Gasteiger charge is 2.01. The van der Waals surface area contributed by atoms with Gasteiger partial charge in [-0.05, 0) is 37.0 Å². The van der Waals surface area contributed by atoms with Gasteiger partial charge >= 0.3 is 0 Å². The van der Waals surface area contributed by atoms with Crippen molar-refractivity contribution in [2.75, 3.05) is 12.3 Å². The minimum absolute atomic E-state index is 0.339. The van der Waals surface area contributed by atoms with Gasteiger partial charge in [0.05, 0.1) is 12.3 Å². The number of rotatable bonds is 6. The van der Waals surface area contributed by atoms with Crippen molar-refractivity contribution in [2.45, 2.75) is 19.3 Å². The molecule has 0 fully saturated rings. The SMILES string of the molecule is Nc1cc(F)ccc1OCCCCc1ccccc1. The molecule has 0 aliphatic heterocycles. The molecule has 2 rings (SSSR count). The fourth-order valence-electron chi connectivity index (χ4n) is 1.91. The topological polar surface area (TPSA) is 35.2 Å². The van der Waals surface area contributed by atoms with Gasteiger partial charge in [0.25, 0.3) is 0 Å². The van der Waals surface area contributed by atoms with E-state index in [0.29, 0.717) is 18.0 Å². The molecule has 0 atom stereocenters. The predicted molar refractivity (Wildman–Crippen MR) is 75.7 cm³/mol. The fourth-order valence-corrected chi connectivity index (χ4v) is 1.91. The maximum atomic E-state index is 12.8. The molecule has 100 valence electrons. The van der Waals surface area contributed by atoms with Crippen LogP contribution in [0.15, 0.2) is 48.5 Å². The van der Waals surface area contributed by atoms with E-state index in [9.17, 15) is 4.39 Å². The number of hydrogen-bond acceptors (Lipinski definition) is 2. The Labute approximate surface area is 113 Å². The van der Waals surface area contributed by atoms with Crippen LogP contribution in [-0.4, -0.2) is 6.61 Å². The normalized spacial score (nSPS) is 10.4. The standard InChI is InChI=1S/C16H18FNO/c17-14-9-10-16(15(18)12-14)19-11-5-4-8-13-6-2-1-3-7-13/h1-3,6-7,9-10,12H,4-5,8,11,18H2. The van der Waals surface area contributed by atoms with Crippen molar-refractivity contribution in [3.8, 4) is 5.75 Å². The third-order valence-electron chi connectivity index (χ3n) is 2.93. The Balaban J connectivity index is 1.69. The van der Waals surface area contributed by atoms with Gasteiger partial charge in [0.2, 0.25) is 0 Å². The van der Waals surface area contributed by atoms with Crippen LogP contribution in [0.25, 0.3) is 0 Å². The summed E-state index contributed by atoms with van der Waals surface area (Å²) >= 11 is 0. The van der Waals surface area contributed by atoms with Crippen molar-refractivity contribution in [3.05, 3.63) is 59.9 Å². The van der Waals surface area contributed by atoms with E-state index in [1.54, 1.807) is 6.07 Å². The van der Waals surface area contributed by atoms with Gasteiger partial charge in [0.15, 0.2) is 0 Å². The first-order valence-corrected chi connectivity index (χ1v) is 6.47. The second-order valence-corrected chi connectivity index (χ2v) is 4.47. The lowest BCUT2D eigenvalue weighted by atomic mass is 10.1. The molecule has 0 aromatic heterocycles. The molecule has 0 amide bonds. The van der Waals surface area contributed by atoms with Crippen LogP contribution >= 0.6 is 0 Å². The summed E-state index contributed by atoms with van der Waals surface area (Å²) in [5.74, 6) is 0.218. The minimum atomic E-state index is -0.339. The van der Waals surface area contributed by atoms with E-state index in [2.05, 4.69) is 12.1 Å². The summed E-state index contributed by atoms with van der Waals surface area (Å²) in [6, 6.07) is 14.6. The molecule has 2 aromatic carbocycles. The number of aryl methyl sites for hydroxylation is 1. The second kappa shape index (κ2) is 6.78. The van der Waals surface area contributed by atoms with E-state index in [-0.39, 0.29) is 5.82 Å². The summed E-state index contributed by atoms with van der Waals surface area (Å²) in [6.45, 7) is 0.600. The van der Waals surface area contributed by atoms with Gasteiger partial charge in [-0.3, -0.25) is 0 Å². The number of benzene rings is 2. The van der Waals surface area contributed by atoms with Crippen LogP contribution in [0.3, 0.4) is 0 Å². The Morgan fingerprint density at radius 2 is 1.79 bits per heavy atom. The molecule has 19 heavy (non-hydrogen) atoms. The molecule has 0 aliphatic rings. The van der Waals surface area contributed by atoms with Crippen LogP contribution in [-0.2, 0) is 6.42 Å². The van der Waals surface area contributed by atoms with Gasteiger partial charge in [-0.2, -0.15) is 0 Å². The van der Waals surface area contributed by atoms with Crippen LogP contribution in [0.5, 0.6) is 5.75 Å². The van der Waals surface area contributed by atoms with Crippen LogP contribution in [0.4, 0.5) is 10.1 Å². The molecular formula is C16H18FNO. The molecule has 2 nitrogen and oxygen atoms in total. The van der Waals surface area contributed by atoms with Crippen molar-refractivity contribution in [1.82, 2.24) is 0 Å². The maximum absolute atomic E-state index is 12.8. The summed E-state index contributed by atoms with van der Waals surface area (Å²) in [5, 5.41) is 0. The molecule has 0 aliphatic carbocycles. The van der Waals surface area contributed by atoms with E-state index in [0.717, 1.165) is 19.3 Å². The minimum Gasteiger partial charge on any atom is -0.491 e. The molecule has 2 N–H and O–H groups in total. The molecular weight excluding hydrogens is 241 g/mol. The number of halogens is 1. The van der Waals surface area contributed by atoms with Gasteiger partial charge in [0, 0.05) is 6.07 Å². The van der Waals surface area contributed by atoms with Crippen molar-refractivity contribution in [3.63, 3.8) is 0 Å². The predicted octanol–water partition coefficient (Wildman–Crippen LogP) is 3.81. The number of nitrogens with two attached hydrogens (primary N) is 1. The lowest BCUT2D eigenvalue weighted by Crippen LogP contribution is -2.01.